The lowest BCUT2D eigenvalue weighted by Crippen LogP contribution is -2.11. The van der Waals surface area contributed by atoms with Gasteiger partial charge in [0.25, 0.3) is 0 Å². The molecule has 2 rings (SSSR count). The minimum absolute atomic E-state index is 0.410. The van der Waals surface area contributed by atoms with Gasteiger partial charge in [-0.25, -0.2) is 9.59 Å². The van der Waals surface area contributed by atoms with Gasteiger partial charge in [0.15, 0.2) is 0 Å². The third-order valence-corrected chi connectivity index (χ3v) is 2.90. The van der Waals surface area contributed by atoms with Gasteiger partial charge in [-0.1, -0.05) is 76.9 Å². The van der Waals surface area contributed by atoms with Crippen LogP contribution in [0.2, 0.25) is 0 Å². The molecule has 0 fully saturated rings. The Balaban J connectivity index is 0.000000997. The van der Waals surface area contributed by atoms with Crippen molar-refractivity contribution in [1.29, 1.82) is 0 Å². The molecule has 0 atom stereocenters. The Bertz CT molecular complexity index is 643. The van der Waals surface area contributed by atoms with E-state index in [1.807, 2.05) is 0 Å². The van der Waals surface area contributed by atoms with E-state index in [0.717, 1.165) is 11.1 Å². The molecule has 0 saturated carbocycles. The van der Waals surface area contributed by atoms with Crippen LogP contribution < -0.4 is 10.6 Å². The lowest BCUT2D eigenvalue weighted by atomic mass is 10.0. The summed E-state index contributed by atoms with van der Waals surface area (Å²) in [6, 6.07) is 14.0. The molecule has 2 aromatic carbocycles. The molecule has 0 aromatic heterocycles. The van der Waals surface area contributed by atoms with Crippen LogP contribution in [0.5, 0.6) is 0 Å². The summed E-state index contributed by atoms with van der Waals surface area (Å²) in [7, 11) is 0. The van der Waals surface area contributed by atoms with Gasteiger partial charge in [0.2, 0.25) is 0 Å². The van der Waals surface area contributed by atoms with Crippen LogP contribution >= 0.6 is 0 Å². The molecular weight excluding hydrogens is 344 g/mol. The number of hydrogen-bond acceptors (Lipinski definition) is 2. The fraction of sp³-hybridized carbons (Fsp3) is 0.333. The van der Waals surface area contributed by atoms with Gasteiger partial charge in [0.05, 0.1) is 0 Å². The van der Waals surface area contributed by atoms with Crippen LogP contribution in [0, 0.1) is 0 Å². The second-order valence-corrected chi connectivity index (χ2v) is 5.77. The largest absolute Gasteiger partial charge is 0.465 e. The van der Waals surface area contributed by atoms with Crippen LogP contribution in [0.4, 0.5) is 21.0 Å². The minimum atomic E-state index is -1.14. The van der Waals surface area contributed by atoms with E-state index in [-0.39, 0.29) is 0 Å². The van der Waals surface area contributed by atoms with Crippen molar-refractivity contribution in [3.05, 3.63) is 59.7 Å². The molecule has 6 nitrogen and oxygen atoms in total. The maximum Gasteiger partial charge on any atom is 0.409 e. The van der Waals surface area contributed by atoms with E-state index < -0.39 is 12.2 Å². The summed E-state index contributed by atoms with van der Waals surface area (Å²) in [5, 5.41) is 22.3. The number of carboxylic acid groups (broad SMARTS) is 2. The first-order valence-electron chi connectivity index (χ1n) is 9.05. The highest BCUT2D eigenvalue weighted by Crippen LogP contribution is 2.23. The Hall–Kier alpha value is -3.02. The van der Waals surface area contributed by atoms with E-state index in [0.29, 0.717) is 17.8 Å². The van der Waals surface area contributed by atoms with Crippen molar-refractivity contribution in [1.82, 2.24) is 0 Å². The predicted octanol–water partition coefficient (Wildman–Crippen LogP) is 6.29. The average Bonchev–Trinajstić information content (AvgIpc) is 2.59. The first-order valence-corrected chi connectivity index (χ1v) is 9.05. The monoisotopic (exact) mass is 374 g/mol. The lowest BCUT2D eigenvalue weighted by Gasteiger charge is -2.12. The van der Waals surface area contributed by atoms with E-state index in [2.05, 4.69) is 38.3 Å². The van der Waals surface area contributed by atoms with Gasteiger partial charge in [-0.15, -0.1) is 0 Å². The molecule has 6 heteroatoms. The molecule has 0 aliphatic carbocycles. The number of rotatable bonds is 4. The molecule has 27 heavy (non-hydrogen) atoms. The summed E-state index contributed by atoms with van der Waals surface area (Å²) in [5.41, 5.74) is 2.49. The van der Waals surface area contributed by atoms with Gasteiger partial charge in [-0.3, -0.25) is 10.6 Å². The fourth-order valence-corrected chi connectivity index (χ4v) is 2.03. The van der Waals surface area contributed by atoms with E-state index in [1.54, 1.807) is 48.5 Å². The van der Waals surface area contributed by atoms with Crippen molar-refractivity contribution in [3.8, 4) is 0 Å². The van der Waals surface area contributed by atoms with Gasteiger partial charge < -0.3 is 10.2 Å². The van der Waals surface area contributed by atoms with Gasteiger partial charge in [0.1, 0.15) is 0 Å². The first kappa shape index (κ1) is 24.0. The smallest absolute Gasteiger partial charge is 0.409 e. The maximum absolute atomic E-state index is 10.8. The summed E-state index contributed by atoms with van der Waals surface area (Å²) in [6.45, 7) is 8.50. The standard InChI is InChI=1S/C15H14N2O4.2C3H8/c18-14(19)16-12-7-3-1-5-10(12)9-11-6-2-4-8-13(11)17-15(20)21;2*1-3-2/h1-8,16-17H,9H2,(H,18,19)(H,20,21);2*3H2,1-2H3. The minimum Gasteiger partial charge on any atom is -0.465 e. The fourth-order valence-electron chi connectivity index (χ4n) is 2.03. The van der Waals surface area contributed by atoms with Crippen molar-refractivity contribution in [2.75, 3.05) is 10.6 Å². The number of benzene rings is 2. The predicted molar refractivity (Wildman–Crippen MR) is 111 cm³/mol. The van der Waals surface area contributed by atoms with Crippen molar-refractivity contribution >= 4 is 23.6 Å². The van der Waals surface area contributed by atoms with Crippen LogP contribution in [0.15, 0.2) is 48.5 Å². The molecule has 0 heterocycles. The third kappa shape index (κ3) is 10.5. The van der Waals surface area contributed by atoms with Crippen LogP contribution in [0.25, 0.3) is 0 Å². The quantitative estimate of drug-likeness (QED) is 0.505. The highest BCUT2D eigenvalue weighted by Gasteiger charge is 2.09. The van der Waals surface area contributed by atoms with E-state index in [4.69, 9.17) is 10.2 Å². The van der Waals surface area contributed by atoms with E-state index in [1.165, 1.54) is 12.8 Å². The highest BCUT2D eigenvalue weighted by molar-refractivity contribution is 5.85. The number of amides is 2. The SMILES string of the molecule is CCC.CCC.O=C(O)Nc1ccccc1Cc1ccccc1NC(=O)O. The van der Waals surface area contributed by atoms with Crippen molar-refractivity contribution in [2.45, 2.75) is 47.0 Å². The highest BCUT2D eigenvalue weighted by atomic mass is 16.4. The van der Waals surface area contributed by atoms with Crippen LogP contribution in [0.1, 0.15) is 51.7 Å². The van der Waals surface area contributed by atoms with Gasteiger partial charge >= 0.3 is 12.2 Å². The van der Waals surface area contributed by atoms with Crippen molar-refractivity contribution in [2.24, 2.45) is 0 Å². The molecule has 0 radical (unpaired) electrons. The van der Waals surface area contributed by atoms with Gasteiger partial charge in [-0.2, -0.15) is 0 Å². The molecule has 0 spiro atoms. The average molecular weight is 374 g/mol. The Morgan fingerprint density at radius 1 is 0.704 bits per heavy atom. The third-order valence-electron chi connectivity index (χ3n) is 2.90. The Morgan fingerprint density at radius 3 is 1.30 bits per heavy atom. The number of carbonyl (C=O) groups is 2. The molecule has 4 N–H and O–H groups in total. The molecule has 148 valence electrons. The van der Waals surface area contributed by atoms with E-state index >= 15 is 0 Å². The second kappa shape index (κ2) is 14.2. The van der Waals surface area contributed by atoms with Crippen molar-refractivity contribution in [3.63, 3.8) is 0 Å². The van der Waals surface area contributed by atoms with Crippen LogP contribution in [-0.4, -0.2) is 22.4 Å². The van der Waals surface area contributed by atoms with Gasteiger partial charge in [-0.05, 0) is 23.3 Å². The summed E-state index contributed by atoms with van der Waals surface area (Å²) < 4.78 is 0. The Labute approximate surface area is 161 Å². The number of anilines is 2. The molecule has 0 aliphatic rings. The summed E-state index contributed by atoms with van der Waals surface area (Å²) in [6.07, 6.45) is 0.631. The first-order chi connectivity index (χ1) is 12.9. The second-order valence-electron chi connectivity index (χ2n) is 5.77. The zero-order chi connectivity index (χ0) is 20.7. The van der Waals surface area contributed by atoms with E-state index in [9.17, 15) is 9.59 Å². The van der Waals surface area contributed by atoms with Gasteiger partial charge in [0, 0.05) is 17.8 Å². The number of hydrogen-bond donors (Lipinski definition) is 4. The molecule has 0 saturated heterocycles. The molecular formula is C21H30N2O4. The summed E-state index contributed by atoms with van der Waals surface area (Å²) in [4.78, 5) is 21.6. The Morgan fingerprint density at radius 2 is 1.00 bits per heavy atom. The maximum atomic E-state index is 10.8. The van der Waals surface area contributed by atoms with Crippen molar-refractivity contribution < 1.29 is 19.8 Å². The lowest BCUT2D eigenvalue weighted by molar-refractivity contribution is 0.208. The molecule has 0 aliphatic heterocycles. The molecule has 0 bridgehead atoms. The number of para-hydroxylation sites is 2. The van der Waals surface area contributed by atoms with Crippen LogP contribution in [-0.2, 0) is 6.42 Å². The zero-order valence-electron chi connectivity index (χ0n) is 16.5. The Kier molecular flexibility index (Phi) is 12.6. The zero-order valence-corrected chi connectivity index (χ0v) is 16.5. The normalized spacial score (nSPS) is 9.04. The summed E-state index contributed by atoms with van der Waals surface area (Å²) in [5.74, 6) is 0. The molecule has 0 unspecified atom stereocenters. The molecule has 2 aromatic rings. The van der Waals surface area contributed by atoms with Crippen LogP contribution in [0.3, 0.4) is 0 Å². The topological polar surface area (TPSA) is 98.7 Å². The number of nitrogens with one attached hydrogen (secondary N) is 2. The summed E-state index contributed by atoms with van der Waals surface area (Å²) >= 11 is 0. The molecule has 2 amide bonds.